The van der Waals surface area contributed by atoms with Gasteiger partial charge in [-0.05, 0) is 58.7 Å². The van der Waals surface area contributed by atoms with Gasteiger partial charge in [0.2, 0.25) is 5.69 Å². The van der Waals surface area contributed by atoms with Gasteiger partial charge in [0, 0.05) is 27.2 Å². The van der Waals surface area contributed by atoms with Gasteiger partial charge in [0.1, 0.15) is 0 Å². The molecule has 9 aromatic rings. The summed E-state index contributed by atoms with van der Waals surface area (Å²) in [6, 6.07) is 54.2. The average Bonchev–Trinajstić information content (AvgIpc) is 3.67. The van der Waals surface area contributed by atoms with Crippen LogP contribution in [0.25, 0.3) is 86.9 Å². The van der Waals surface area contributed by atoms with Crippen LogP contribution in [0.15, 0.2) is 158 Å². The van der Waals surface area contributed by atoms with Gasteiger partial charge < -0.3 is 9.13 Å². The molecule has 222 valence electrons. The fraction of sp³-hybridized carbons (Fsp3) is 0. The van der Waals surface area contributed by atoms with Gasteiger partial charge in [-0.1, -0.05) is 121 Å². The summed E-state index contributed by atoms with van der Waals surface area (Å²) in [5.41, 5.74) is 11.0. The van der Waals surface area contributed by atoms with Gasteiger partial charge in [0.25, 0.3) is 0 Å². The largest absolute Gasteiger partial charge is 0.318 e. The first-order chi connectivity index (χ1) is 23.7. The van der Waals surface area contributed by atoms with Crippen LogP contribution >= 0.6 is 0 Å². The summed E-state index contributed by atoms with van der Waals surface area (Å²) in [4.78, 5) is 7.97. The molecular weight excluding hydrogens is 585 g/mol. The summed E-state index contributed by atoms with van der Waals surface area (Å²) in [7, 11) is 0. The lowest BCUT2D eigenvalue weighted by Gasteiger charge is -2.18. The first kappa shape index (κ1) is 27.4. The van der Waals surface area contributed by atoms with Gasteiger partial charge in [-0.3, -0.25) is 0 Å². The normalized spacial score (nSPS) is 11.3. The molecule has 2 heterocycles. The zero-order valence-electron chi connectivity index (χ0n) is 25.8. The number of rotatable bonds is 4. The van der Waals surface area contributed by atoms with E-state index in [9.17, 15) is 0 Å². The molecule has 7 aromatic carbocycles. The quantitative estimate of drug-likeness (QED) is 0.177. The maximum Gasteiger partial charge on any atom is 0.211 e. The molecule has 0 saturated carbocycles. The number of para-hydroxylation sites is 5. The van der Waals surface area contributed by atoms with Gasteiger partial charge in [-0.25, -0.2) is 9.69 Å². The van der Waals surface area contributed by atoms with Crippen LogP contribution in [0, 0.1) is 13.1 Å². The fourth-order valence-corrected chi connectivity index (χ4v) is 7.29. The van der Waals surface area contributed by atoms with E-state index in [1.54, 1.807) is 0 Å². The van der Waals surface area contributed by atoms with Crippen molar-refractivity contribution < 1.29 is 0 Å². The van der Waals surface area contributed by atoms with Crippen molar-refractivity contribution in [2.75, 3.05) is 0 Å². The van der Waals surface area contributed by atoms with Gasteiger partial charge in [-0.15, -0.1) is 0 Å². The molecule has 0 saturated heterocycles. The predicted octanol–water partition coefficient (Wildman–Crippen LogP) is 12.3. The maximum absolute atomic E-state index is 8.19. The smallest absolute Gasteiger partial charge is 0.211 e. The van der Waals surface area contributed by atoms with Crippen molar-refractivity contribution in [2.45, 2.75) is 0 Å². The molecule has 4 heteroatoms. The minimum Gasteiger partial charge on any atom is -0.318 e. The van der Waals surface area contributed by atoms with E-state index in [0.717, 1.165) is 66.5 Å². The minimum atomic E-state index is 0.536. The fourth-order valence-electron chi connectivity index (χ4n) is 7.29. The van der Waals surface area contributed by atoms with E-state index in [2.05, 4.69) is 134 Å². The van der Waals surface area contributed by atoms with Crippen LogP contribution in [0.5, 0.6) is 0 Å². The summed E-state index contributed by atoms with van der Waals surface area (Å²) >= 11 is 0. The Hall–Kier alpha value is -6.88. The Bertz CT molecular complexity index is 2710. The molecule has 0 N–H and O–H groups in total. The van der Waals surface area contributed by atoms with Crippen LogP contribution in [0.2, 0.25) is 0 Å². The van der Waals surface area contributed by atoms with Crippen LogP contribution in [0.1, 0.15) is 0 Å². The molecule has 0 aliphatic rings. The standard InChI is InChI=1S/C44H26N4/c1-45-38-26-25-30(29-13-11-14-31(27-29)47-40-21-7-3-15-32(40)33-16-4-8-22-41(33)47)28-37(38)36-19-12-20-39(46-2)44(36)48-42-23-9-5-17-34(42)35-18-6-10-24-43(35)48/h3-28H. The lowest BCUT2D eigenvalue weighted by molar-refractivity contribution is 1.18. The van der Waals surface area contributed by atoms with Crippen LogP contribution < -0.4 is 0 Å². The number of hydrogen-bond donors (Lipinski definition) is 0. The van der Waals surface area contributed by atoms with Crippen LogP contribution in [-0.4, -0.2) is 9.13 Å². The second-order valence-electron chi connectivity index (χ2n) is 11.9. The summed E-state index contributed by atoms with van der Waals surface area (Å²) in [6.45, 7) is 16.3. The molecular formula is C44H26N4. The average molecular weight is 611 g/mol. The Morgan fingerprint density at radius 2 is 0.875 bits per heavy atom. The van der Waals surface area contributed by atoms with Crippen molar-refractivity contribution in [1.82, 2.24) is 9.13 Å². The van der Waals surface area contributed by atoms with E-state index in [1.165, 1.54) is 10.8 Å². The molecule has 0 radical (unpaired) electrons. The van der Waals surface area contributed by atoms with E-state index in [4.69, 9.17) is 13.1 Å². The van der Waals surface area contributed by atoms with Crippen LogP contribution in [0.4, 0.5) is 11.4 Å². The molecule has 48 heavy (non-hydrogen) atoms. The lowest BCUT2D eigenvalue weighted by atomic mass is 9.95. The Labute approximate surface area is 277 Å². The molecule has 0 bridgehead atoms. The van der Waals surface area contributed by atoms with Gasteiger partial charge in [0.05, 0.1) is 40.9 Å². The molecule has 2 aromatic heterocycles. The monoisotopic (exact) mass is 610 g/mol. The Morgan fingerprint density at radius 1 is 0.375 bits per heavy atom. The molecule has 0 fully saturated rings. The zero-order valence-corrected chi connectivity index (χ0v) is 25.8. The number of fused-ring (bicyclic) bond motifs is 6. The van der Waals surface area contributed by atoms with Crippen molar-refractivity contribution in [1.29, 1.82) is 0 Å². The van der Waals surface area contributed by atoms with E-state index >= 15 is 0 Å². The summed E-state index contributed by atoms with van der Waals surface area (Å²) in [5.74, 6) is 0. The van der Waals surface area contributed by atoms with Crippen LogP contribution in [0.3, 0.4) is 0 Å². The van der Waals surface area contributed by atoms with Crippen LogP contribution in [-0.2, 0) is 0 Å². The molecule has 0 amide bonds. The van der Waals surface area contributed by atoms with E-state index in [0.29, 0.717) is 11.4 Å². The first-order valence-electron chi connectivity index (χ1n) is 15.8. The van der Waals surface area contributed by atoms with Crippen molar-refractivity contribution in [2.24, 2.45) is 0 Å². The molecule has 0 spiro atoms. The highest BCUT2D eigenvalue weighted by atomic mass is 15.0. The summed E-state index contributed by atoms with van der Waals surface area (Å²) in [6.07, 6.45) is 0. The minimum absolute atomic E-state index is 0.536. The third kappa shape index (κ3) is 4.07. The molecule has 0 aliphatic carbocycles. The zero-order chi connectivity index (χ0) is 32.2. The van der Waals surface area contributed by atoms with E-state index < -0.39 is 0 Å². The highest BCUT2D eigenvalue weighted by molar-refractivity contribution is 6.11. The second-order valence-corrected chi connectivity index (χ2v) is 11.9. The highest BCUT2D eigenvalue weighted by Crippen LogP contribution is 2.44. The van der Waals surface area contributed by atoms with Crippen molar-refractivity contribution in [3.8, 4) is 33.6 Å². The third-order valence-electron chi connectivity index (χ3n) is 9.36. The Balaban J connectivity index is 1.27. The SMILES string of the molecule is [C-]#[N+]c1ccc(-c2cccc(-n3c4ccccc4c4ccccc43)c2)cc1-c1cccc([N+]#[C-])c1-n1c2ccccc2c2ccccc21. The number of hydrogen-bond acceptors (Lipinski definition) is 0. The maximum atomic E-state index is 8.19. The number of aromatic nitrogens is 2. The van der Waals surface area contributed by atoms with Gasteiger partial charge in [-0.2, -0.15) is 0 Å². The molecule has 0 unspecified atom stereocenters. The second kappa shape index (κ2) is 10.9. The number of benzene rings is 7. The lowest BCUT2D eigenvalue weighted by Crippen LogP contribution is -1.98. The first-order valence-corrected chi connectivity index (χ1v) is 15.8. The molecule has 4 nitrogen and oxygen atoms in total. The van der Waals surface area contributed by atoms with Crippen molar-refractivity contribution in [3.05, 3.63) is 181 Å². The van der Waals surface area contributed by atoms with E-state index in [-0.39, 0.29) is 0 Å². The molecule has 9 rings (SSSR count). The van der Waals surface area contributed by atoms with Crippen molar-refractivity contribution in [3.63, 3.8) is 0 Å². The predicted molar refractivity (Wildman–Crippen MR) is 199 cm³/mol. The summed E-state index contributed by atoms with van der Waals surface area (Å²) < 4.78 is 4.51. The highest BCUT2D eigenvalue weighted by Gasteiger charge is 2.21. The third-order valence-corrected chi connectivity index (χ3v) is 9.36. The van der Waals surface area contributed by atoms with Gasteiger partial charge >= 0.3 is 0 Å². The summed E-state index contributed by atoms with van der Waals surface area (Å²) in [5, 5.41) is 4.69. The Kier molecular flexibility index (Phi) is 6.22. The van der Waals surface area contributed by atoms with E-state index in [1.807, 2.05) is 42.5 Å². The van der Waals surface area contributed by atoms with Crippen molar-refractivity contribution >= 4 is 55.0 Å². The number of nitrogens with zero attached hydrogens (tertiary/aromatic N) is 4. The topological polar surface area (TPSA) is 18.6 Å². The molecule has 0 aliphatic heterocycles. The van der Waals surface area contributed by atoms with Gasteiger partial charge in [0.15, 0.2) is 5.69 Å². The molecule has 0 atom stereocenters. The Morgan fingerprint density at radius 3 is 1.44 bits per heavy atom.